The molecule has 1 aromatic carbocycles. The van der Waals surface area contributed by atoms with Crippen LogP contribution in [0.25, 0.3) is 0 Å². The fraction of sp³-hybridized carbons (Fsp3) is 0.533. The van der Waals surface area contributed by atoms with E-state index in [1.165, 1.54) is 0 Å². The molecule has 0 saturated carbocycles. The van der Waals surface area contributed by atoms with E-state index >= 15 is 0 Å². The summed E-state index contributed by atoms with van der Waals surface area (Å²) in [6.45, 7) is 1.78. The molecule has 3 N–H and O–H groups in total. The van der Waals surface area contributed by atoms with Crippen LogP contribution in [0, 0.1) is 0 Å². The van der Waals surface area contributed by atoms with Gasteiger partial charge in [-0.1, -0.05) is 22.0 Å². The van der Waals surface area contributed by atoms with Crippen LogP contribution in [0.1, 0.15) is 6.42 Å². The van der Waals surface area contributed by atoms with E-state index in [-0.39, 0.29) is 24.4 Å². The molecule has 1 aliphatic rings. The van der Waals surface area contributed by atoms with Crippen LogP contribution in [-0.2, 0) is 4.79 Å². The number of benzene rings is 1. The normalized spacial score (nSPS) is 19.9. The van der Waals surface area contributed by atoms with Crippen LogP contribution < -0.4 is 15.4 Å². The van der Waals surface area contributed by atoms with Gasteiger partial charge in [0.1, 0.15) is 5.75 Å². The minimum absolute atomic E-state index is 0. The van der Waals surface area contributed by atoms with Crippen molar-refractivity contribution in [3.05, 3.63) is 28.7 Å². The number of β-amino-alcohol motifs (C(OH)–C–C–N with tert-alkyl or cyclic N) is 1. The number of thioether (sulfide) groups is 1. The third-order valence-electron chi connectivity index (χ3n) is 3.26. The second-order valence-corrected chi connectivity index (χ2v) is 7.20. The molecule has 2 unspecified atom stereocenters. The van der Waals surface area contributed by atoms with Gasteiger partial charge in [0.05, 0.1) is 18.8 Å². The molecule has 1 saturated heterocycles. The molecule has 1 fully saturated rings. The molecule has 5 nitrogen and oxygen atoms in total. The molecular weight excluding hydrogens is 404 g/mol. The van der Waals surface area contributed by atoms with Crippen molar-refractivity contribution in [1.29, 1.82) is 0 Å². The van der Waals surface area contributed by atoms with Crippen molar-refractivity contribution in [2.24, 2.45) is 0 Å². The van der Waals surface area contributed by atoms with Gasteiger partial charge in [0.2, 0.25) is 5.91 Å². The maximum atomic E-state index is 11.8. The molecule has 130 valence electrons. The first-order chi connectivity index (χ1) is 10.6. The number of carbonyl (C=O) groups excluding carboxylic acids is 1. The van der Waals surface area contributed by atoms with Crippen LogP contribution in [0.15, 0.2) is 28.7 Å². The largest absolute Gasteiger partial charge is 0.493 e. The average Bonchev–Trinajstić information content (AvgIpc) is 2.93. The molecule has 8 heteroatoms. The maximum absolute atomic E-state index is 11.8. The molecule has 1 aliphatic heterocycles. The van der Waals surface area contributed by atoms with E-state index in [0.717, 1.165) is 21.7 Å². The summed E-state index contributed by atoms with van der Waals surface area (Å²) < 4.78 is 6.64. The quantitative estimate of drug-likeness (QED) is 0.554. The van der Waals surface area contributed by atoms with Gasteiger partial charge in [-0.25, -0.2) is 0 Å². The average molecular weight is 426 g/mol. The van der Waals surface area contributed by atoms with Gasteiger partial charge >= 0.3 is 0 Å². The monoisotopic (exact) mass is 424 g/mol. The second-order valence-electron chi connectivity index (χ2n) is 5.06. The number of hydrogen-bond donors (Lipinski definition) is 3. The summed E-state index contributed by atoms with van der Waals surface area (Å²) in [5.41, 5.74) is 0. The maximum Gasteiger partial charge on any atom is 0.237 e. The fourth-order valence-electron chi connectivity index (χ4n) is 2.16. The molecule has 0 aliphatic carbocycles. The Kier molecular flexibility index (Phi) is 9.97. The zero-order chi connectivity index (χ0) is 15.8. The number of aliphatic hydroxyl groups excluding tert-OH is 1. The van der Waals surface area contributed by atoms with Crippen LogP contribution in [0.4, 0.5) is 0 Å². The molecule has 0 bridgehead atoms. The molecule has 0 radical (unpaired) electrons. The first-order valence-electron chi connectivity index (χ1n) is 7.30. The Morgan fingerprint density at radius 2 is 2.30 bits per heavy atom. The highest BCUT2D eigenvalue weighted by molar-refractivity contribution is 9.10. The third kappa shape index (κ3) is 7.76. The molecule has 2 atom stereocenters. The Balaban J connectivity index is 0.00000264. The molecule has 0 spiro atoms. The first-order valence-corrected chi connectivity index (χ1v) is 9.25. The Labute approximate surface area is 155 Å². The van der Waals surface area contributed by atoms with E-state index in [1.54, 1.807) is 11.8 Å². The van der Waals surface area contributed by atoms with Gasteiger partial charge in [-0.2, -0.15) is 11.8 Å². The smallest absolute Gasteiger partial charge is 0.237 e. The summed E-state index contributed by atoms with van der Waals surface area (Å²) in [5, 5.41) is 15.2. The van der Waals surface area contributed by atoms with Gasteiger partial charge in [-0.3, -0.25) is 4.79 Å². The molecule has 1 amide bonds. The van der Waals surface area contributed by atoms with Crippen molar-refractivity contribution in [1.82, 2.24) is 10.6 Å². The highest BCUT2D eigenvalue weighted by atomic mass is 79.9. The summed E-state index contributed by atoms with van der Waals surface area (Å²) in [5.74, 6) is 2.56. The SMILES string of the molecule is Cl.O=C(NCCSCCOc1cccc(Br)c1)C1CC(O)CN1. The van der Waals surface area contributed by atoms with Crippen molar-refractivity contribution < 1.29 is 14.6 Å². The van der Waals surface area contributed by atoms with E-state index < -0.39 is 6.10 Å². The van der Waals surface area contributed by atoms with Crippen LogP contribution in [0.2, 0.25) is 0 Å². The minimum atomic E-state index is -0.403. The topological polar surface area (TPSA) is 70.6 Å². The highest BCUT2D eigenvalue weighted by Crippen LogP contribution is 2.17. The molecular formula is C15H22BrClN2O3S. The zero-order valence-electron chi connectivity index (χ0n) is 12.7. The van der Waals surface area contributed by atoms with E-state index in [0.29, 0.717) is 26.1 Å². The van der Waals surface area contributed by atoms with Gasteiger partial charge < -0.3 is 20.5 Å². The van der Waals surface area contributed by atoms with Gasteiger partial charge in [-0.15, -0.1) is 12.4 Å². The number of nitrogens with one attached hydrogen (secondary N) is 2. The van der Waals surface area contributed by atoms with E-state index in [9.17, 15) is 9.90 Å². The molecule has 1 aromatic rings. The van der Waals surface area contributed by atoms with Crippen molar-refractivity contribution in [3.8, 4) is 5.75 Å². The Morgan fingerprint density at radius 3 is 3.00 bits per heavy atom. The predicted molar refractivity (Wildman–Crippen MR) is 99.6 cm³/mol. The molecule has 1 heterocycles. The van der Waals surface area contributed by atoms with Crippen molar-refractivity contribution in [2.45, 2.75) is 18.6 Å². The number of hydrogen-bond acceptors (Lipinski definition) is 5. The van der Waals surface area contributed by atoms with Crippen molar-refractivity contribution in [2.75, 3.05) is 31.2 Å². The van der Waals surface area contributed by atoms with E-state index in [2.05, 4.69) is 26.6 Å². The third-order valence-corrected chi connectivity index (χ3v) is 4.70. The van der Waals surface area contributed by atoms with Gasteiger partial charge in [0.15, 0.2) is 0 Å². The van der Waals surface area contributed by atoms with Gasteiger partial charge in [-0.05, 0) is 24.6 Å². The first kappa shape index (κ1) is 20.6. The molecule has 23 heavy (non-hydrogen) atoms. The summed E-state index contributed by atoms with van der Waals surface area (Å²) in [6.07, 6.45) is 0.0970. The van der Waals surface area contributed by atoms with Crippen LogP contribution in [-0.4, -0.2) is 54.4 Å². The zero-order valence-corrected chi connectivity index (χ0v) is 15.9. The van der Waals surface area contributed by atoms with Crippen LogP contribution in [0.5, 0.6) is 5.75 Å². The molecule has 2 rings (SSSR count). The summed E-state index contributed by atoms with van der Waals surface area (Å²) in [6, 6.07) is 7.52. The Bertz CT molecular complexity index is 496. The van der Waals surface area contributed by atoms with Crippen molar-refractivity contribution in [3.63, 3.8) is 0 Å². The lowest BCUT2D eigenvalue weighted by molar-refractivity contribution is -0.122. The van der Waals surface area contributed by atoms with Gasteiger partial charge in [0.25, 0.3) is 0 Å². The Hall–Kier alpha value is -0.470. The number of rotatable bonds is 8. The van der Waals surface area contributed by atoms with Crippen molar-refractivity contribution >= 4 is 46.0 Å². The standard InChI is InChI=1S/C15H21BrN2O3S.ClH/c16-11-2-1-3-13(8-11)21-5-7-22-6-4-17-15(20)14-9-12(19)10-18-14;/h1-3,8,12,14,18-19H,4-7,9-10H2,(H,17,20);1H. The number of carbonyl (C=O) groups is 1. The summed E-state index contributed by atoms with van der Waals surface area (Å²) in [7, 11) is 0. The number of ether oxygens (including phenoxy) is 1. The number of aliphatic hydroxyl groups is 1. The summed E-state index contributed by atoms with van der Waals surface area (Å²) in [4.78, 5) is 11.8. The minimum Gasteiger partial charge on any atom is -0.493 e. The highest BCUT2D eigenvalue weighted by Gasteiger charge is 2.27. The van der Waals surface area contributed by atoms with E-state index in [4.69, 9.17) is 4.74 Å². The predicted octanol–water partition coefficient (Wildman–Crippen LogP) is 1.82. The second kappa shape index (κ2) is 11.1. The number of amides is 1. The Morgan fingerprint density at radius 1 is 1.48 bits per heavy atom. The van der Waals surface area contributed by atoms with Crippen LogP contribution >= 0.6 is 40.1 Å². The lowest BCUT2D eigenvalue weighted by Crippen LogP contribution is -2.41. The molecule has 0 aromatic heterocycles. The van der Waals surface area contributed by atoms with Gasteiger partial charge in [0, 0.05) is 29.1 Å². The lowest BCUT2D eigenvalue weighted by Gasteiger charge is -2.11. The van der Waals surface area contributed by atoms with Crippen LogP contribution in [0.3, 0.4) is 0 Å². The number of halogens is 2. The lowest BCUT2D eigenvalue weighted by atomic mass is 10.2. The summed E-state index contributed by atoms with van der Waals surface area (Å²) >= 11 is 5.14. The fourth-order valence-corrected chi connectivity index (χ4v) is 3.19. The van der Waals surface area contributed by atoms with E-state index in [1.807, 2.05) is 24.3 Å².